The molecule has 3 nitrogen and oxygen atoms in total. The van der Waals surface area contributed by atoms with Gasteiger partial charge in [0, 0.05) is 17.5 Å². The molecular formula is C13H16F2O3. The van der Waals surface area contributed by atoms with Gasteiger partial charge in [-0.15, -0.1) is 0 Å². The Hall–Kier alpha value is -1.65. The molecule has 0 fully saturated rings. The lowest BCUT2D eigenvalue weighted by Crippen LogP contribution is -2.03. The van der Waals surface area contributed by atoms with Gasteiger partial charge < -0.3 is 14.3 Å². The fourth-order valence-corrected chi connectivity index (χ4v) is 1.78. The highest BCUT2D eigenvalue weighted by Gasteiger charge is 2.20. The first-order valence-corrected chi connectivity index (χ1v) is 5.52. The molecule has 1 aromatic rings. The number of hydrogen-bond acceptors (Lipinski definition) is 3. The van der Waals surface area contributed by atoms with Crippen LogP contribution in [0.5, 0.6) is 11.5 Å². The number of carbonyl (C=O) groups excluding carboxylic acids is 1. The Balaban J connectivity index is 3.34. The smallest absolute Gasteiger partial charge is 0.263 e. The summed E-state index contributed by atoms with van der Waals surface area (Å²) in [5, 5.41) is 0. The molecule has 1 atom stereocenters. The minimum Gasteiger partial charge on any atom is -0.493 e. The Kier molecular flexibility index (Phi) is 5.07. The fourth-order valence-electron chi connectivity index (χ4n) is 1.78. The standard InChI is InChI=1S/C13H16F2O3/c1-8(4-5-16)10-6-9(13(14)15)7-11(17-2)12(10)18-3/h5-8,13H,4H2,1-3H3. The van der Waals surface area contributed by atoms with Crippen LogP contribution in [-0.4, -0.2) is 20.5 Å². The van der Waals surface area contributed by atoms with Crippen LogP contribution in [0.3, 0.4) is 0 Å². The van der Waals surface area contributed by atoms with Crippen LogP contribution in [0.25, 0.3) is 0 Å². The predicted octanol–water partition coefficient (Wildman–Crippen LogP) is 3.33. The third-order valence-electron chi connectivity index (χ3n) is 2.76. The molecule has 18 heavy (non-hydrogen) atoms. The molecule has 0 aromatic heterocycles. The average Bonchev–Trinajstić information content (AvgIpc) is 2.37. The molecule has 0 heterocycles. The first-order chi connectivity index (χ1) is 8.54. The number of rotatable bonds is 6. The molecule has 1 rings (SSSR count). The topological polar surface area (TPSA) is 35.5 Å². The number of halogens is 2. The van der Waals surface area contributed by atoms with Gasteiger partial charge in [0.25, 0.3) is 6.43 Å². The molecule has 0 amide bonds. The number of alkyl halides is 2. The van der Waals surface area contributed by atoms with E-state index in [9.17, 15) is 13.6 Å². The van der Waals surface area contributed by atoms with Gasteiger partial charge in [0.1, 0.15) is 6.29 Å². The highest BCUT2D eigenvalue weighted by molar-refractivity contribution is 5.56. The molecule has 0 aliphatic carbocycles. The number of hydrogen-bond donors (Lipinski definition) is 0. The van der Waals surface area contributed by atoms with Crippen molar-refractivity contribution in [3.05, 3.63) is 23.3 Å². The number of benzene rings is 1. The van der Waals surface area contributed by atoms with E-state index in [1.807, 2.05) is 0 Å². The van der Waals surface area contributed by atoms with Crippen LogP contribution < -0.4 is 9.47 Å². The lowest BCUT2D eigenvalue weighted by Gasteiger charge is -2.18. The summed E-state index contributed by atoms with van der Waals surface area (Å²) in [5.74, 6) is 0.448. The quantitative estimate of drug-likeness (QED) is 0.734. The summed E-state index contributed by atoms with van der Waals surface area (Å²) in [7, 11) is 2.83. The van der Waals surface area contributed by atoms with Crippen LogP contribution in [-0.2, 0) is 4.79 Å². The fraction of sp³-hybridized carbons (Fsp3) is 0.462. The molecule has 100 valence electrons. The molecule has 0 saturated carbocycles. The molecule has 0 saturated heterocycles. The van der Waals surface area contributed by atoms with Crippen molar-refractivity contribution in [1.82, 2.24) is 0 Å². The second kappa shape index (κ2) is 6.33. The Morgan fingerprint density at radius 1 is 1.28 bits per heavy atom. The van der Waals surface area contributed by atoms with Crippen molar-refractivity contribution in [3.63, 3.8) is 0 Å². The Bertz CT molecular complexity index is 419. The maximum atomic E-state index is 12.8. The van der Waals surface area contributed by atoms with E-state index in [0.717, 1.165) is 6.29 Å². The highest BCUT2D eigenvalue weighted by Crippen LogP contribution is 2.39. The molecule has 1 unspecified atom stereocenters. The largest absolute Gasteiger partial charge is 0.493 e. The van der Waals surface area contributed by atoms with Crippen LogP contribution >= 0.6 is 0 Å². The van der Waals surface area contributed by atoms with Crippen molar-refractivity contribution in [2.24, 2.45) is 0 Å². The van der Waals surface area contributed by atoms with Gasteiger partial charge in [-0.2, -0.15) is 0 Å². The third kappa shape index (κ3) is 2.97. The monoisotopic (exact) mass is 258 g/mol. The number of ether oxygens (including phenoxy) is 2. The maximum Gasteiger partial charge on any atom is 0.263 e. The molecule has 1 aromatic carbocycles. The Morgan fingerprint density at radius 2 is 1.94 bits per heavy atom. The molecular weight excluding hydrogens is 242 g/mol. The van der Waals surface area contributed by atoms with Crippen molar-refractivity contribution in [1.29, 1.82) is 0 Å². The van der Waals surface area contributed by atoms with Crippen LogP contribution in [0.2, 0.25) is 0 Å². The summed E-state index contributed by atoms with van der Waals surface area (Å²) in [5.41, 5.74) is 0.416. The summed E-state index contributed by atoms with van der Waals surface area (Å²) in [6.45, 7) is 1.78. The molecule has 0 radical (unpaired) electrons. The third-order valence-corrected chi connectivity index (χ3v) is 2.76. The van der Waals surface area contributed by atoms with E-state index in [0.29, 0.717) is 11.3 Å². The summed E-state index contributed by atoms with van der Waals surface area (Å²) in [6, 6.07) is 2.61. The summed E-state index contributed by atoms with van der Waals surface area (Å²) in [6.07, 6.45) is -1.59. The van der Waals surface area contributed by atoms with E-state index < -0.39 is 6.43 Å². The van der Waals surface area contributed by atoms with Gasteiger partial charge >= 0.3 is 0 Å². The number of methoxy groups -OCH3 is 2. The van der Waals surface area contributed by atoms with E-state index >= 15 is 0 Å². The van der Waals surface area contributed by atoms with Gasteiger partial charge in [-0.3, -0.25) is 0 Å². The zero-order valence-corrected chi connectivity index (χ0v) is 10.6. The molecule has 0 aliphatic rings. The average molecular weight is 258 g/mol. The molecule has 0 aliphatic heterocycles. The minimum atomic E-state index is -2.59. The van der Waals surface area contributed by atoms with E-state index in [4.69, 9.17) is 9.47 Å². The first-order valence-electron chi connectivity index (χ1n) is 5.52. The molecule has 0 spiro atoms. The Morgan fingerprint density at radius 3 is 2.39 bits per heavy atom. The number of aldehydes is 1. The van der Waals surface area contributed by atoms with Crippen molar-refractivity contribution in [2.75, 3.05) is 14.2 Å². The highest BCUT2D eigenvalue weighted by atomic mass is 19.3. The zero-order chi connectivity index (χ0) is 13.7. The number of carbonyl (C=O) groups is 1. The van der Waals surface area contributed by atoms with Crippen molar-refractivity contribution >= 4 is 6.29 Å². The predicted molar refractivity (Wildman–Crippen MR) is 63.6 cm³/mol. The second-order valence-electron chi connectivity index (χ2n) is 3.95. The molecule has 5 heteroatoms. The van der Waals surface area contributed by atoms with Gasteiger partial charge in [0.15, 0.2) is 11.5 Å². The normalized spacial score (nSPS) is 12.3. The van der Waals surface area contributed by atoms with E-state index in [1.54, 1.807) is 6.92 Å². The van der Waals surface area contributed by atoms with Gasteiger partial charge in [-0.1, -0.05) is 6.92 Å². The van der Waals surface area contributed by atoms with Crippen LogP contribution in [0.15, 0.2) is 12.1 Å². The van der Waals surface area contributed by atoms with Gasteiger partial charge in [0.05, 0.1) is 14.2 Å². The van der Waals surface area contributed by atoms with E-state index in [-0.39, 0.29) is 23.7 Å². The summed E-state index contributed by atoms with van der Waals surface area (Å²) < 4.78 is 35.8. The van der Waals surface area contributed by atoms with Crippen LogP contribution in [0.1, 0.15) is 36.8 Å². The lowest BCUT2D eigenvalue weighted by atomic mass is 9.95. The Labute approximate surface area is 105 Å². The summed E-state index contributed by atoms with van der Waals surface area (Å²) >= 11 is 0. The molecule has 0 bridgehead atoms. The second-order valence-corrected chi connectivity index (χ2v) is 3.95. The van der Waals surface area contributed by atoms with Crippen LogP contribution in [0, 0.1) is 0 Å². The lowest BCUT2D eigenvalue weighted by molar-refractivity contribution is -0.108. The first kappa shape index (κ1) is 14.4. The maximum absolute atomic E-state index is 12.8. The van der Waals surface area contributed by atoms with Gasteiger partial charge in [0.2, 0.25) is 0 Å². The van der Waals surface area contributed by atoms with E-state index in [1.165, 1.54) is 26.4 Å². The minimum absolute atomic E-state index is 0.139. The van der Waals surface area contributed by atoms with Crippen LogP contribution in [0.4, 0.5) is 8.78 Å². The SMILES string of the molecule is COc1cc(C(F)F)cc(C(C)CC=O)c1OC. The van der Waals surface area contributed by atoms with Gasteiger partial charge in [-0.25, -0.2) is 8.78 Å². The molecule has 0 N–H and O–H groups in total. The van der Waals surface area contributed by atoms with Gasteiger partial charge in [-0.05, 0) is 18.1 Å². The van der Waals surface area contributed by atoms with E-state index in [2.05, 4.69) is 0 Å². The zero-order valence-electron chi connectivity index (χ0n) is 10.6. The van der Waals surface area contributed by atoms with Crippen molar-refractivity contribution in [3.8, 4) is 11.5 Å². The van der Waals surface area contributed by atoms with Crippen molar-refractivity contribution < 1.29 is 23.0 Å². The summed E-state index contributed by atoms with van der Waals surface area (Å²) in [4.78, 5) is 10.5. The van der Waals surface area contributed by atoms with Crippen molar-refractivity contribution in [2.45, 2.75) is 25.7 Å².